The van der Waals surface area contributed by atoms with Crippen molar-refractivity contribution in [2.24, 2.45) is 0 Å². The topological polar surface area (TPSA) is 83.8 Å². The maximum atomic E-state index is 12.9. The van der Waals surface area contributed by atoms with Crippen molar-refractivity contribution in [2.45, 2.75) is 19.1 Å². The number of anilines is 1. The standard InChI is InChI=1S/C24H25N3O4/c1-30-13-6-12-27-22(20-10-2-3-11-21(20)24(27)29)26-18-8-4-7-17(15-18)23(28)25-16-19-9-5-14-31-19/h2-5,7-11,14-15,22,26H,6,12-13,16H2,1H3,(H,25,28)/t22-/m1/s1. The van der Waals surface area contributed by atoms with Crippen LogP contribution in [-0.2, 0) is 11.3 Å². The number of fused-ring (bicyclic) bond motifs is 1. The third-order valence-corrected chi connectivity index (χ3v) is 5.24. The molecule has 0 unspecified atom stereocenters. The molecule has 1 aromatic heterocycles. The van der Waals surface area contributed by atoms with Gasteiger partial charge in [-0.3, -0.25) is 9.59 Å². The van der Waals surface area contributed by atoms with Gasteiger partial charge in [0.05, 0.1) is 12.8 Å². The fourth-order valence-electron chi connectivity index (χ4n) is 3.73. The van der Waals surface area contributed by atoms with Gasteiger partial charge in [-0.1, -0.05) is 24.3 Å². The minimum atomic E-state index is -0.304. The van der Waals surface area contributed by atoms with Gasteiger partial charge in [-0.25, -0.2) is 0 Å². The Balaban J connectivity index is 1.50. The van der Waals surface area contributed by atoms with Gasteiger partial charge in [0.15, 0.2) is 0 Å². The van der Waals surface area contributed by atoms with E-state index in [0.717, 1.165) is 17.7 Å². The predicted molar refractivity (Wildman–Crippen MR) is 117 cm³/mol. The Kier molecular flexibility index (Phi) is 6.33. The van der Waals surface area contributed by atoms with Crippen LogP contribution in [0.25, 0.3) is 0 Å². The number of rotatable bonds is 9. The maximum absolute atomic E-state index is 12.9. The van der Waals surface area contributed by atoms with Crippen molar-refractivity contribution in [3.05, 3.63) is 89.4 Å². The molecule has 2 heterocycles. The van der Waals surface area contributed by atoms with Crippen LogP contribution in [0.5, 0.6) is 0 Å². The summed E-state index contributed by atoms with van der Waals surface area (Å²) < 4.78 is 10.4. The van der Waals surface area contributed by atoms with Crippen LogP contribution in [0.2, 0.25) is 0 Å². The first kappa shape index (κ1) is 20.7. The second kappa shape index (κ2) is 9.49. The van der Waals surface area contributed by atoms with E-state index in [0.29, 0.717) is 36.6 Å². The number of furan rings is 1. The monoisotopic (exact) mass is 419 g/mol. The maximum Gasteiger partial charge on any atom is 0.256 e. The number of methoxy groups -OCH3 is 1. The summed E-state index contributed by atoms with van der Waals surface area (Å²) in [7, 11) is 1.65. The molecule has 0 spiro atoms. The normalized spacial score (nSPS) is 15.1. The van der Waals surface area contributed by atoms with E-state index in [4.69, 9.17) is 9.15 Å². The average Bonchev–Trinajstić information content (AvgIpc) is 3.41. The molecule has 1 aliphatic rings. The Morgan fingerprint density at radius 2 is 2.00 bits per heavy atom. The number of hydrogen-bond acceptors (Lipinski definition) is 5. The summed E-state index contributed by atoms with van der Waals surface area (Å²) in [5.74, 6) is 0.492. The third kappa shape index (κ3) is 4.62. The van der Waals surface area contributed by atoms with Gasteiger partial charge >= 0.3 is 0 Å². The smallest absolute Gasteiger partial charge is 0.256 e. The highest BCUT2D eigenvalue weighted by atomic mass is 16.5. The van der Waals surface area contributed by atoms with Crippen LogP contribution >= 0.6 is 0 Å². The SMILES string of the molecule is COCCCN1C(=O)c2ccccc2[C@@H]1Nc1cccc(C(=O)NCc2ccco2)c1. The second-order valence-electron chi connectivity index (χ2n) is 7.32. The first-order valence-corrected chi connectivity index (χ1v) is 10.2. The van der Waals surface area contributed by atoms with Crippen LogP contribution in [0.15, 0.2) is 71.3 Å². The van der Waals surface area contributed by atoms with Crippen LogP contribution in [0.4, 0.5) is 5.69 Å². The van der Waals surface area contributed by atoms with E-state index >= 15 is 0 Å². The zero-order valence-corrected chi connectivity index (χ0v) is 17.3. The number of carbonyl (C=O) groups excluding carboxylic acids is 2. The van der Waals surface area contributed by atoms with Crippen LogP contribution in [-0.4, -0.2) is 37.0 Å². The fourth-order valence-corrected chi connectivity index (χ4v) is 3.73. The van der Waals surface area contributed by atoms with Crippen molar-refractivity contribution in [3.8, 4) is 0 Å². The molecule has 0 radical (unpaired) electrons. The van der Waals surface area contributed by atoms with Crippen LogP contribution in [0, 0.1) is 0 Å². The summed E-state index contributed by atoms with van der Waals surface area (Å²) in [5.41, 5.74) is 2.92. The first-order valence-electron chi connectivity index (χ1n) is 10.2. The van der Waals surface area contributed by atoms with E-state index in [2.05, 4.69) is 10.6 Å². The number of nitrogens with one attached hydrogen (secondary N) is 2. The van der Waals surface area contributed by atoms with Crippen LogP contribution in [0.3, 0.4) is 0 Å². The molecule has 4 rings (SSSR count). The van der Waals surface area contributed by atoms with Crippen molar-refractivity contribution >= 4 is 17.5 Å². The van der Waals surface area contributed by atoms with Crippen molar-refractivity contribution in [1.29, 1.82) is 0 Å². The van der Waals surface area contributed by atoms with Gasteiger partial charge in [0, 0.05) is 42.6 Å². The van der Waals surface area contributed by atoms with Crippen molar-refractivity contribution in [3.63, 3.8) is 0 Å². The Morgan fingerprint density at radius 3 is 2.81 bits per heavy atom. The molecule has 3 aromatic rings. The molecule has 7 heteroatoms. The van der Waals surface area contributed by atoms with E-state index in [1.54, 1.807) is 31.6 Å². The number of carbonyl (C=O) groups is 2. The molecule has 0 bridgehead atoms. The van der Waals surface area contributed by atoms with Gasteiger partial charge in [0.25, 0.3) is 11.8 Å². The Labute approximate surface area is 181 Å². The van der Waals surface area contributed by atoms with E-state index in [-0.39, 0.29) is 18.0 Å². The number of amides is 2. The van der Waals surface area contributed by atoms with Crippen molar-refractivity contribution in [1.82, 2.24) is 10.2 Å². The Morgan fingerprint density at radius 1 is 1.13 bits per heavy atom. The summed E-state index contributed by atoms with van der Waals surface area (Å²) in [6.07, 6.45) is 2.01. The lowest BCUT2D eigenvalue weighted by atomic mass is 10.1. The number of nitrogens with zero attached hydrogens (tertiary/aromatic N) is 1. The van der Waals surface area contributed by atoms with Crippen molar-refractivity contribution < 1.29 is 18.7 Å². The fraction of sp³-hybridized carbons (Fsp3) is 0.250. The first-order chi connectivity index (χ1) is 15.2. The molecule has 1 atom stereocenters. The molecule has 0 aliphatic carbocycles. The number of ether oxygens (including phenoxy) is 1. The lowest BCUT2D eigenvalue weighted by Crippen LogP contribution is -2.33. The summed E-state index contributed by atoms with van der Waals surface area (Å²) in [4.78, 5) is 27.3. The molecule has 2 amide bonds. The van der Waals surface area contributed by atoms with Crippen LogP contribution in [0.1, 0.15) is 44.6 Å². The van der Waals surface area contributed by atoms with Gasteiger partial charge in [-0.15, -0.1) is 0 Å². The summed E-state index contributed by atoms with van der Waals surface area (Å²) >= 11 is 0. The second-order valence-corrected chi connectivity index (χ2v) is 7.32. The average molecular weight is 419 g/mol. The molecule has 0 saturated heterocycles. The Hall–Kier alpha value is -3.58. The highest BCUT2D eigenvalue weighted by Crippen LogP contribution is 2.34. The summed E-state index contributed by atoms with van der Waals surface area (Å²) in [6, 6.07) is 18.5. The summed E-state index contributed by atoms with van der Waals surface area (Å²) in [5, 5.41) is 6.28. The minimum Gasteiger partial charge on any atom is -0.467 e. The van der Waals surface area contributed by atoms with Crippen LogP contribution < -0.4 is 10.6 Å². The molecule has 2 aromatic carbocycles. The van der Waals surface area contributed by atoms with Gasteiger partial charge in [0.2, 0.25) is 0 Å². The lowest BCUT2D eigenvalue weighted by molar-refractivity contribution is 0.0721. The van der Waals surface area contributed by atoms with Gasteiger partial charge in [-0.2, -0.15) is 0 Å². The Bertz CT molecular complexity index is 1050. The highest BCUT2D eigenvalue weighted by molar-refractivity contribution is 5.99. The van der Waals surface area contributed by atoms with E-state index in [9.17, 15) is 9.59 Å². The van der Waals surface area contributed by atoms with E-state index < -0.39 is 0 Å². The zero-order chi connectivity index (χ0) is 21.6. The molecule has 160 valence electrons. The third-order valence-electron chi connectivity index (χ3n) is 5.24. The van der Waals surface area contributed by atoms with Crippen molar-refractivity contribution in [2.75, 3.05) is 25.6 Å². The largest absolute Gasteiger partial charge is 0.467 e. The predicted octanol–water partition coefficient (Wildman–Crippen LogP) is 3.81. The number of benzene rings is 2. The summed E-state index contributed by atoms with van der Waals surface area (Å²) in [6.45, 7) is 1.47. The molecular weight excluding hydrogens is 394 g/mol. The quantitative estimate of drug-likeness (QED) is 0.515. The molecule has 1 aliphatic heterocycles. The molecule has 0 fully saturated rings. The van der Waals surface area contributed by atoms with Gasteiger partial charge in [0.1, 0.15) is 11.9 Å². The highest BCUT2D eigenvalue weighted by Gasteiger charge is 2.36. The van der Waals surface area contributed by atoms with Gasteiger partial charge in [-0.05, 0) is 42.8 Å². The number of hydrogen-bond donors (Lipinski definition) is 2. The molecular formula is C24H25N3O4. The lowest BCUT2D eigenvalue weighted by Gasteiger charge is -2.27. The zero-order valence-electron chi connectivity index (χ0n) is 17.3. The molecule has 0 saturated carbocycles. The molecule has 7 nitrogen and oxygen atoms in total. The molecule has 2 N–H and O–H groups in total. The van der Waals surface area contributed by atoms with E-state index in [1.165, 1.54) is 0 Å². The van der Waals surface area contributed by atoms with E-state index in [1.807, 2.05) is 47.4 Å². The van der Waals surface area contributed by atoms with Gasteiger partial charge < -0.3 is 24.7 Å². The molecule has 31 heavy (non-hydrogen) atoms. The minimum absolute atomic E-state index is 0.00320.